The standard InChI is InChI=1S/C17H26O3/c1-13-10-15(11-14(12-19)16(13)20)17(2,3)8-6-4-5-7-9-18/h10-12,18,20H,4-9H2,1-3H3. The number of carbonyl (C=O) groups is 1. The fourth-order valence-electron chi connectivity index (χ4n) is 2.46. The maximum atomic E-state index is 11.0. The maximum absolute atomic E-state index is 11.0. The summed E-state index contributed by atoms with van der Waals surface area (Å²) in [6.45, 7) is 6.42. The second-order valence-electron chi connectivity index (χ2n) is 6.12. The Hall–Kier alpha value is -1.35. The second kappa shape index (κ2) is 7.44. The summed E-state index contributed by atoms with van der Waals surface area (Å²) in [7, 11) is 0. The van der Waals surface area contributed by atoms with E-state index in [4.69, 9.17) is 5.11 Å². The molecule has 0 fully saturated rings. The van der Waals surface area contributed by atoms with E-state index >= 15 is 0 Å². The number of hydrogen-bond donors (Lipinski definition) is 2. The molecule has 0 amide bonds. The summed E-state index contributed by atoms with van der Waals surface area (Å²) in [4.78, 5) is 11.0. The van der Waals surface area contributed by atoms with Crippen LogP contribution in [0.15, 0.2) is 12.1 Å². The predicted molar refractivity (Wildman–Crippen MR) is 81.4 cm³/mol. The van der Waals surface area contributed by atoms with Crippen molar-refractivity contribution in [3.63, 3.8) is 0 Å². The highest BCUT2D eigenvalue weighted by Crippen LogP contribution is 2.33. The number of aromatic hydroxyl groups is 1. The molecule has 112 valence electrons. The molecule has 3 heteroatoms. The lowest BCUT2D eigenvalue weighted by molar-refractivity contribution is 0.112. The summed E-state index contributed by atoms with van der Waals surface area (Å²) in [6, 6.07) is 3.76. The van der Waals surface area contributed by atoms with Crippen molar-refractivity contribution in [2.24, 2.45) is 0 Å². The Morgan fingerprint density at radius 1 is 1.15 bits per heavy atom. The van der Waals surface area contributed by atoms with Crippen LogP contribution < -0.4 is 0 Å². The first-order chi connectivity index (χ1) is 9.42. The van der Waals surface area contributed by atoms with Gasteiger partial charge in [-0.2, -0.15) is 0 Å². The quantitative estimate of drug-likeness (QED) is 0.562. The molecule has 2 N–H and O–H groups in total. The molecule has 0 unspecified atom stereocenters. The van der Waals surface area contributed by atoms with Crippen molar-refractivity contribution in [2.75, 3.05) is 6.61 Å². The van der Waals surface area contributed by atoms with Gasteiger partial charge in [0.1, 0.15) is 5.75 Å². The Balaban J connectivity index is 2.76. The van der Waals surface area contributed by atoms with Crippen molar-refractivity contribution in [3.05, 3.63) is 28.8 Å². The molecule has 0 aliphatic heterocycles. The molecule has 0 atom stereocenters. The lowest BCUT2D eigenvalue weighted by atomic mass is 9.78. The van der Waals surface area contributed by atoms with Gasteiger partial charge in [0, 0.05) is 6.61 Å². The van der Waals surface area contributed by atoms with Crippen LogP contribution in [0.4, 0.5) is 0 Å². The zero-order valence-corrected chi connectivity index (χ0v) is 12.8. The number of carbonyl (C=O) groups excluding carboxylic acids is 1. The Bertz CT molecular complexity index is 450. The van der Waals surface area contributed by atoms with Crippen molar-refractivity contribution < 1.29 is 15.0 Å². The fourth-order valence-corrected chi connectivity index (χ4v) is 2.46. The van der Waals surface area contributed by atoms with Crippen LogP contribution in [0.2, 0.25) is 0 Å². The minimum Gasteiger partial charge on any atom is -0.507 e. The zero-order valence-electron chi connectivity index (χ0n) is 12.8. The van der Waals surface area contributed by atoms with Gasteiger partial charge in [-0.1, -0.05) is 39.2 Å². The molecule has 0 spiro atoms. The molecule has 1 aromatic rings. The summed E-state index contributed by atoms with van der Waals surface area (Å²) >= 11 is 0. The van der Waals surface area contributed by atoms with Gasteiger partial charge in [-0.15, -0.1) is 0 Å². The Labute approximate surface area is 121 Å². The molecule has 1 aromatic carbocycles. The molecule has 0 saturated heterocycles. The van der Waals surface area contributed by atoms with Gasteiger partial charge in [0.05, 0.1) is 5.56 Å². The minimum atomic E-state index is -0.0184. The molecular weight excluding hydrogens is 252 g/mol. The molecule has 20 heavy (non-hydrogen) atoms. The highest BCUT2D eigenvalue weighted by atomic mass is 16.3. The third-order valence-corrected chi connectivity index (χ3v) is 3.95. The topological polar surface area (TPSA) is 57.5 Å². The van der Waals surface area contributed by atoms with Crippen molar-refractivity contribution in [3.8, 4) is 5.75 Å². The van der Waals surface area contributed by atoms with E-state index in [1.807, 2.05) is 13.0 Å². The van der Waals surface area contributed by atoms with Crippen LogP contribution in [0.5, 0.6) is 5.75 Å². The number of aryl methyl sites for hydroxylation is 1. The minimum absolute atomic E-state index is 0.0184. The average Bonchev–Trinajstić information content (AvgIpc) is 2.41. The van der Waals surface area contributed by atoms with Crippen molar-refractivity contribution >= 4 is 6.29 Å². The van der Waals surface area contributed by atoms with E-state index in [-0.39, 0.29) is 17.8 Å². The third kappa shape index (κ3) is 4.34. The number of aliphatic hydroxyl groups excluding tert-OH is 1. The van der Waals surface area contributed by atoms with Crippen molar-refractivity contribution in [1.82, 2.24) is 0 Å². The van der Waals surface area contributed by atoms with Crippen LogP contribution in [0.3, 0.4) is 0 Å². The fraction of sp³-hybridized carbons (Fsp3) is 0.588. The van der Waals surface area contributed by atoms with Gasteiger partial charge in [0.15, 0.2) is 6.29 Å². The first-order valence-electron chi connectivity index (χ1n) is 7.32. The number of aldehydes is 1. The molecule has 0 bridgehead atoms. The zero-order chi connectivity index (χ0) is 15.2. The summed E-state index contributed by atoms with van der Waals surface area (Å²) in [5.74, 6) is 0.0856. The van der Waals surface area contributed by atoms with Crippen LogP contribution in [-0.2, 0) is 5.41 Å². The van der Waals surface area contributed by atoms with Gasteiger partial charge in [0.2, 0.25) is 0 Å². The molecular formula is C17H26O3. The molecule has 0 aromatic heterocycles. The first kappa shape index (κ1) is 16.7. The number of phenols is 1. The van der Waals surface area contributed by atoms with Crippen molar-refractivity contribution in [2.45, 2.75) is 58.3 Å². The van der Waals surface area contributed by atoms with Crippen LogP contribution in [0.25, 0.3) is 0 Å². The monoisotopic (exact) mass is 278 g/mol. The van der Waals surface area contributed by atoms with Gasteiger partial charge in [0.25, 0.3) is 0 Å². The van der Waals surface area contributed by atoms with Gasteiger partial charge >= 0.3 is 0 Å². The second-order valence-corrected chi connectivity index (χ2v) is 6.12. The predicted octanol–water partition coefficient (Wildman–Crippen LogP) is 3.73. The van der Waals surface area contributed by atoms with E-state index in [1.54, 1.807) is 6.07 Å². The molecule has 0 aliphatic rings. The van der Waals surface area contributed by atoms with Gasteiger partial charge in [-0.25, -0.2) is 0 Å². The molecule has 1 rings (SSSR count). The van der Waals surface area contributed by atoms with Crippen LogP contribution in [0, 0.1) is 6.92 Å². The summed E-state index contributed by atoms with van der Waals surface area (Å²) in [5, 5.41) is 18.6. The lowest BCUT2D eigenvalue weighted by Crippen LogP contribution is -2.17. The molecule has 0 heterocycles. The molecule has 0 radical (unpaired) electrons. The SMILES string of the molecule is Cc1cc(C(C)(C)CCCCCCO)cc(C=O)c1O. The Morgan fingerprint density at radius 2 is 1.80 bits per heavy atom. The Kier molecular flexibility index (Phi) is 6.21. The number of unbranched alkanes of at least 4 members (excludes halogenated alkanes) is 3. The molecule has 0 aliphatic carbocycles. The highest BCUT2D eigenvalue weighted by Gasteiger charge is 2.22. The van der Waals surface area contributed by atoms with E-state index in [9.17, 15) is 9.90 Å². The number of phenolic OH excluding ortho intramolecular Hbond substituents is 1. The van der Waals surface area contributed by atoms with E-state index in [1.165, 1.54) is 0 Å². The maximum Gasteiger partial charge on any atom is 0.153 e. The summed E-state index contributed by atoms with van der Waals surface area (Å²) < 4.78 is 0. The Morgan fingerprint density at radius 3 is 2.40 bits per heavy atom. The van der Waals surface area contributed by atoms with Crippen LogP contribution in [-0.4, -0.2) is 23.1 Å². The smallest absolute Gasteiger partial charge is 0.153 e. The van der Waals surface area contributed by atoms with E-state index < -0.39 is 0 Å². The highest BCUT2D eigenvalue weighted by molar-refractivity contribution is 5.80. The van der Waals surface area contributed by atoms with Crippen LogP contribution in [0.1, 0.15) is 67.4 Å². The largest absolute Gasteiger partial charge is 0.507 e. The van der Waals surface area contributed by atoms with E-state index in [2.05, 4.69) is 13.8 Å². The average molecular weight is 278 g/mol. The number of benzene rings is 1. The number of rotatable bonds is 8. The molecule has 3 nitrogen and oxygen atoms in total. The van der Waals surface area contributed by atoms with E-state index in [0.29, 0.717) is 11.8 Å². The molecule has 0 saturated carbocycles. The van der Waals surface area contributed by atoms with Gasteiger partial charge in [-0.3, -0.25) is 4.79 Å². The van der Waals surface area contributed by atoms with Crippen LogP contribution >= 0.6 is 0 Å². The van der Waals surface area contributed by atoms with E-state index in [0.717, 1.165) is 43.2 Å². The summed E-state index contributed by atoms with van der Waals surface area (Å²) in [5.41, 5.74) is 2.19. The number of aliphatic hydroxyl groups is 1. The first-order valence-corrected chi connectivity index (χ1v) is 7.32. The lowest BCUT2D eigenvalue weighted by Gasteiger charge is -2.26. The van der Waals surface area contributed by atoms with Crippen molar-refractivity contribution in [1.29, 1.82) is 0 Å². The third-order valence-electron chi connectivity index (χ3n) is 3.95. The normalized spacial score (nSPS) is 11.6. The van der Waals surface area contributed by atoms with Gasteiger partial charge in [-0.05, 0) is 42.4 Å². The number of hydrogen-bond acceptors (Lipinski definition) is 3. The summed E-state index contributed by atoms with van der Waals surface area (Å²) in [6.07, 6.45) is 5.88. The van der Waals surface area contributed by atoms with Gasteiger partial charge < -0.3 is 10.2 Å².